The van der Waals surface area contributed by atoms with Gasteiger partial charge in [-0.15, -0.1) is 12.4 Å². The third kappa shape index (κ3) is 7.04. The Kier molecular flexibility index (Phi) is 9.54. The highest BCUT2D eigenvalue weighted by Gasteiger charge is 2.20. The molecule has 5 nitrogen and oxygen atoms in total. The van der Waals surface area contributed by atoms with Gasteiger partial charge in [0.1, 0.15) is 0 Å². The summed E-state index contributed by atoms with van der Waals surface area (Å²) in [5.41, 5.74) is 7.81. The molecule has 0 unspecified atom stereocenters. The number of nitrogens with two attached hydrogens (primary N) is 1. The molecule has 2 rings (SSSR count). The highest BCUT2D eigenvalue weighted by Crippen LogP contribution is 2.14. The topological polar surface area (TPSA) is 75.4 Å². The van der Waals surface area contributed by atoms with E-state index in [4.69, 9.17) is 5.73 Å². The second kappa shape index (κ2) is 11.4. The molecule has 0 spiro atoms. The number of carbonyl (C=O) groups excluding carboxylic acids is 2. The van der Waals surface area contributed by atoms with Gasteiger partial charge in [0.05, 0.1) is 12.6 Å². The van der Waals surface area contributed by atoms with Crippen molar-refractivity contribution in [2.24, 2.45) is 11.7 Å². The van der Waals surface area contributed by atoms with Crippen molar-refractivity contribution in [3.05, 3.63) is 66.2 Å². The molecular formula is C21H28ClN3O2. The average Bonchev–Trinajstić information content (AvgIpc) is 2.67. The quantitative estimate of drug-likeness (QED) is 0.728. The molecule has 2 amide bonds. The maximum Gasteiger partial charge on any atom is 0.246 e. The second-order valence-electron chi connectivity index (χ2n) is 6.60. The third-order valence-electron chi connectivity index (χ3n) is 4.27. The molecule has 3 N–H and O–H groups in total. The average molecular weight is 390 g/mol. The lowest BCUT2D eigenvalue weighted by Crippen LogP contribution is -2.48. The van der Waals surface area contributed by atoms with Crippen LogP contribution < -0.4 is 16.0 Å². The largest absolute Gasteiger partial charge is 0.346 e. The number of para-hydroxylation sites is 1. The third-order valence-corrected chi connectivity index (χ3v) is 4.27. The van der Waals surface area contributed by atoms with Gasteiger partial charge in [-0.05, 0) is 30.0 Å². The molecule has 0 aliphatic heterocycles. The Morgan fingerprint density at radius 1 is 1.00 bits per heavy atom. The molecule has 0 heterocycles. The molecule has 2 aromatic rings. The van der Waals surface area contributed by atoms with Crippen molar-refractivity contribution in [3.8, 4) is 0 Å². The van der Waals surface area contributed by atoms with Crippen LogP contribution in [0.25, 0.3) is 0 Å². The van der Waals surface area contributed by atoms with Crippen LogP contribution in [0.2, 0.25) is 0 Å². The molecule has 1 atom stereocenters. The number of rotatable bonds is 8. The van der Waals surface area contributed by atoms with E-state index in [0.29, 0.717) is 6.54 Å². The number of nitrogens with one attached hydrogen (secondary N) is 1. The summed E-state index contributed by atoms with van der Waals surface area (Å²) >= 11 is 0. The molecule has 146 valence electrons. The molecule has 0 radical (unpaired) electrons. The number of anilines is 1. The van der Waals surface area contributed by atoms with Crippen LogP contribution in [0.15, 0.2) is 60.7 Å². The van der Waals surface area contributed by atoms with E-state index in [1.54, 1.807) is 4.90 Å². The zero-order chi connectivity index (χ0) is 18.9. The molecule has 27 heavy (non-hydrogen) atoms. The van der Waals surface area contributed by atoms with Gasteiger partial charge in [0.2, 0.25) is 11.8 Å². The van der Waals surface area contributed by atoms with Crippen molar-refractivity contribution in [2.75, 3.05) is 18.0 Å². The van der Waals surface area contributed by atoms with E-state index in [9.17, 15) is 9.59 Å². The minimum absolute atomic E-state index is 0. The van der Waals surface area contributed by atoms with Crippen molar-refractivity contribution in [1.82, 2.24) is 5.32 Å². The maximum absolute atomic E-state index is 12.7. The zero-order valence-corrected chi connectivity index (χ0v) is 16.6. The fraction of sp³-hybridized carbons (Fsp3) is 0.333. The van der Waals surface area contributed by atoms with Gasteiger partial charge in [-0.1, -0.05) is 62.4 Å². The fourth-order valence-electron chi connectivity index (χ4n) is 2.57. The maximum atomic E-state index is 12.7. The van der Waals surface area contributed by atoms with Gasteiger partial charge in [-0.2, -0.15) is 0 Å². The van der Waals surface area contributed by atoms with Gasteiger partial charge in [0.25, 0.3) is 0 Å². The first-order chi connectivity index (χ1) is 12.5. The smallest absolute Gasteiger partial charge is 0.246 e. The number of nitrogens with zero attached hydrogens (tertiary/aromatic N) is 1. The van der Waals surface area contributed by atoms with Crippen LogP contribution in [0.1, 0.15) is 19.4 Å². The van der Waals surface area contributed by atoms with Crippen molar-refractivity contribution in [1.29, 1.82) is 0 Å². The van der Waals surface area contributed by atoms with Gasteiger partial charge in [-0.25, -0.2) is 0 Å². The van der Waals surface area contributed by atoms with Crippen molar-refractivity contribution >= 4 is 29.9 Å². The van der Waals surface area contributed by atoms with Crippen LogP contribution in [0.5, 0.6) is 0 Å². The van der Waals surface area contributed by atoms with E-state index < -0.39 is 6.04 Å². The Balaban J connectivity index is 0.00000364. The number of halogens is 1. The highest BCUT2D eigenvalue weighted by atomic mass is 35.5. The molecule has 0 aromatic heterocycles. The summed E-state index contributed by atoms with van der Waals surface area (Å²) in [4.78, 5) is 26.5. The predicted octanol–water partition coefficient (Wildman–Crippen LogP) is 2.78. The Hall–Kier alpha value is -2.37. The summed E-state index contributed by atoms with van der Waals surface area (Å²) < 4.78 is 0. The molecule has 0 saturated heterocycles. The molecule has 2 aromatic carbocycles. The fourth-order valence-corrected chi connectivity index (χ4v) is 2.57. The Morgan fingerprint density at radius 3 is 2.11 bits per heavy atom. The van der Waals surface area contributed by atoms with E-state index in [-0.39, 0.29) is 36.7 Å². The van der Waals surface area contributed by atoms with Crippen molar-refractivity contribution in [2.45, 2.75) is 26.3 Å². The first-order valence-corrected chi connectivity index (χ1v) is 8.91. The highest BCUT2D eigenvalue weighted by molar-refractivity contribution is 5.97. The van der Waals surface area contributed by atoms with Gasteiger partial charge in [-0.3, -0.25) is 9.59 Å². The van der Waals surface area contributed by atoms with Gasteiger partial charge < -0.3 is 16.0 Å². The van der Waals surface area contributed by atoms with Crippen molar-refractivity contribution in [3.63, 3.8) is 0 Å². The summed E-state index contributed by atoms with van der Waals surface area (Å²) in [6.07, 6.45) is 0.737. The Labute approximate surface area is 167 Å². The molecule has 0 saturated carbocycles. The first kappa shape index (κ1) is 22.7. The van der Waals surface area contributed by atoms with Crippen LogP contribution >= 0.6 is 12.4 Å². The standard InChI is InChI=1S/C21H27N3O2.ClH/c1-16(2)20(22)21(26)23-15-19(25)24(18-11-7-4-8-12-18)14-13-17-9-5-3-6-10-17;/h3-12,16,20H,13-15,22H2,1-2H3,(H,23,26);1H/t20-;/m0./s1. The number of carbonyl (C=O) groups is 2. The molecule has 0 aliphatic rings. The summed E-state index contributed by atoms with van der Waals surface area (Å²) in [5, 5.41) is 2.66. The number of hydrogen-bond donors (Lipinski definition) is 2. The zero-order valence-electron chi connectivity index (χ0n) is 15.8. The minimum atomic E-state index is -0.614. The number of amides is 2. The SMILES string of the molecule is CC(C)[C@H](N)C(=O)NCC(=O)N(CCc1ccccc1)c1ccccc1.Cl. The molecule has 0 aliphatic carbocycles. The molecular weight excluding hydrogens is 362 g/mol. The summed E-state index contributed by atoms with van der Waals surface area (Å²) in [5.74, 6) is -0.436. The Morgan fingerprint density at radius 2 is 1.56 bits per heavy atom. The van der Waals surface area contributed by atoms with Crippen LogP contribution in [-0.4, -0.2) is 30.9 Å². The lowest BCUT2D eigenvalue weighted by atomic mass is 10.1. The second-order valence-corrected chi connectivity index (χ2v) is 6.60. The number of hydrogen-bond acceptors (Lipinski definition) is 3. The van der Waals surface area contributed by atoms with Crippen LogP contribution in [0, 0.1) is 5.92 Å². The molecule has 0 bridgehead atoms. The first-order valence-electron chi connectivity index (χ1n) is 8.91. The van der Waals surface area contributed by atoms with E-state index in [1.807, 2.05) is 74.5 Å². The van der Waals surface area contributed by atoms with E-state index >= 15 is 0 Å². The summed E-state index contributed by atoms with van der Waals surface area (Å²) in [6, 6.07) is 18.9. The van der Waals surface area contributed by atoms with Crippen LogP contribution in [0.3, 0.4) is 0 Å². The normalized spacial score (nSPS) is 11.4. The summed E-state index contributed by atoms with van der Waals surface area (Å²) in [6.45, 7) is 4.23. The van der Waals surface area contributed by atoms with Gasteiger partial charge in [0, 0.05) is 12.2 Å². The van der Waals surface area contributed by atoms with Crippen molar-refractivity contribution < 1.29 is 9.59 Å². The molecule has 0 fully saturated rings. The molecule has 6 heteroatoms. The number of benzene rings is 2. The van der Waals surface area contributed by atoms with Crippen LogP contribution in [-0.2, 0) is 16.0 Å². The van der Waals surface area contributed by atoms with E-state index in [1.165, 1.54) is 0 Å². The van der Waals surface area contributed by atoms with E-state index in [0.717, 1.165) is 17.7 Å². The van der Waals surface area contributed by atoms with Crippen LogP contribution in [0.4, 0.5) is 5.69 Å². The minimum Gasteiger partial charge on any atom is -0.346 e. The Bertz CT molecular complexity index is 708. The van der Waals surface area contributed by atoms with E-state index in [2.05, 4.69) is 5.32 Å². The summed E-state index contributed by atoms with van der Waals surface area (Å²) in [7, 11) is 0. The van der Waals surface area contributed by atoms with Gasteiger partial charge >= 0.3 is 0 Å². The lowest BCUT2D eigenvalue weighted by Gasteiger charge is -2.24. The predicted molar refractivity (Wildman–Crippen MR) is 112 cm³/mol. The lowest BCUT2D eigenvalue weighted by molar-refractivity contribution is -0.126. The van der Waals surface area contributed by atoms with Gasteiger partial charge in [0.15, 0.2) is 0 Å². The monoisotopic (exact) mass is 389 g/mol.